The minimum absolute atomic E-state index is 0.00356. The number of amides is 1. The van der Waals surface area contributed by atoms with E-state index in [1.807, 2.05) is 24.3 Å². The predicted octanol–water partition coefficient (Wildman–Crippen LogP) is 6.07. The van der Waals surface area contributed by atoms with Gasteiger partial charge in [-0.2, -0.15) is 0 Å². The van der Waals surface area contributed by atoms with E-state index in [1.54, 1.807) is 18.2 Å². The first-order valence-electron chi connectivity index (χ1n) is 8.32. The summed E-state index contributed by atoms with van der Waals surface area (Å²) in [5.74, 6) is -0.0249. The summed E-state index contributed by atoms with van der Waals surface area (Å²) in [6.07, 6.45) is 0. The summed E-state index contributed by atoms with van der Waals surface area (Å²) >= 11 is 9.43. The van der Waals surface area contributed by atoms with E-state index in [-0.39, 0.29) is 16.3 Å². The average molecular weight is 473 g/mol. The van der Waals surface area contributed by atoms with Crippen LogP contribution in [0.25, 0.3) is 22.6 Å². The van der Waals surface area contributed by atoms with E-state index in [0.717, 1.165) is 16.1 Å². The van der Waals surface area contributed by atoms with Crippen LogP contribution < -0.4 is 5.32 Å². The van der Waals surface area contributed by atoms with Crippen LogP contribution in [0.15, 0.2) is 69.6 Å². The number of nitrogens with one attached hydrogen (secondary N) is 1. The van der Waals surface area contributed by atoms with E-state index in [1.165, 1.54) is 12.1 Å². The van der Waals surface area contributed by atoms with E-state index < -0.39 is 10.8 Å². The molecule has 1 amide bonds. The van der Waals surface area contributed by atoms with Crippen LogP contribution in [0.1, 0.15) is 10.4 Å². The van der Waals surface area contributed by atoms with Crippen LogP contribution in [0, 0.1) is 10.1 Å². The lowest BCUT2D eigenvalue weighted by Crippen LogP contribution is -2.12. The standard InChI is InChI=1S/C20H11BrClN3O4/c21-12-3-1-2-11(8-12)20-24-17-9-13(4-7-18(17)29-20)23-19(26)15-6-5-14(25(27)28)10-16(15)22/h1-10H,(H,23,26). The highest BCUT2D eigenvalue weighted by molar-refractivity contribution is 9.10. The van der Waals surface area contributed by atoms with Crippen LogP contribution in [0.5, 0.6) is 0 Å². The molecule has 0 atom stereocenters. The number of halogens is 2. The summed E-state index contributed by atoms with van der Waals surface area (Å²) in [4.78, 5) is 27.2. The number of hydrogen-bond acceptors (Lipinski definition) is 5. The van der Waals surface area contributed by atoms with Gasteiger partial charge in [-0.1, -0.05) is 33.6 Å². The fourth-order valence-electron chi connectivity index (χ4n) is 2.75. The lowest BCUT2D eigenvalue weighted by atomic mass is 10.2. The Labute approximate surface area is 177 Å². The van der Waals surface area contributed by atoms with Crippen molar-refractivity contribution in [2.45, 2.75) is 0 Å². The van der Waals surface area contributed by atoms with Crippen LogP contribution >= 0.6 is 27.5 Å². The number of aromatic nitrogens is 1. The first-order chi connectivity index (χ1) is 13.9. The van der Waals surface area contributed by atoms with E-state index in [9.17, 15) is 14.9 Å². The van der Waals surface area contributed by atoms with Gasteiger partial charge < -0.3 is 9.73 Å². The molecule has 0 aliphatic carbocycles. The number of non-ortho nitro benzene ring substituents is 1. The smallest absolute Gasteiger partial charge is 0.270 e. The molecule has 144 valence electrons. The van der Waals surface area contributed by atoms with Gasteiger partial charge in [0.15, 0.2) is 5.58 Å². The molecule has 0 aliphatic rings. The highest BCUT2D eigenvalue weighted by Crippen LogP contribution is 2.28. The summed E-state index contributed by atoms with van der Waals surface area (Å²) < 4.78 is 6.69. The largest absolute Gasteiger partial charge is 0.436 e. The molecule has 0 bridgehead atoms. The summed E-state index contributed by atoms with van der Waals surface area (Å²) in [6.45, 7) is 0. The average Bonchev–Trinajstić information content (AvgIpc) is 3.11. The van der Waals surface area contributed by atoms with Gasteiger partial charge >= 0.3 is 0 Å². The molecule has 29 heavy (non-hydrogen) atoms. The van der Waals surface area contributed by atoms with Crippen molar-refractivity contribution in [3.05, 3.63) is 85.8 Å². The fraction of sp³-hybridized carbons (Fsp3) is 0. The second-order valence-corrected chi connectivity index (χ2v) is 7.41. The summed E-state index contributed by atoms with van der Waals surface area (Å²) in [7, 11) is 0. The maximum atomic E-state index is 12.5. The SMILES string of the molecule is O=C(Nc1ccc2oc(-c3cccc(Br)c3)nc2c1)c1ccc([N+](=O)[O-])cc1Cl. The second-order valence-electron chi connectivity index (χ2n) is 6.09. The third-order valence-electron chi connectivity index (χ3n) is 4.13. The van der Waals surface area contributed by atoms with Crippen molar-refractivity contribution in [2.24, 2.45) is 0 Å². The van der Waals surface area contributed by atoms with Gasteiger partial charge in [0, 0.05) is 27.9 Å². The molecule has 0 radical (unpaired) electrons. The molecule has 1 N–H and O–H groups in total. The number of nitro benzene ring substituents is 1. The zero-order valence-corrected chi connectivity index (χ0v) is 16.9. The van der Waals surface area contributed by atoms with Gasteiger partial charge in [0.1, 0.15) is 5.52 Å². The lowest BCUT2D eigenvalue weighted by Gasteiger charge is -2.06. The highest BCUT2D eigenvalue weighted by Gasteiger charge is 2.16. The van der Waals surface area contributed by atoms with E-state index in [2.05, 4.69) is 26.2 Å². The monoisotopic (exact) mass is 471 g/mol. The maximum absolute atomic E-state index is 12.5. The Balaban J connectivity index is 1.60. The first kappa shape index (κ1) is 19.1. The van der Waals surface area contributed by atoms with Crippen LogP contribution in [0.2, 0.25) is 5.02 Å². The molecule has 0 saturated carbocycles. The van der Waals surface area contributed by atoms with Crippen molar-refractivity contribution in [1.82, 2.24) is 4.98 Å². The molecular weight excluding hydrogens is 462 g/mol. The number of hydrogen-bond donors (Lipinski definition) is 1. The normalized spacial score (nSPS) is 10.8. The number of carbonyl (C=O) groups excluding carboxylic acids is 1. The molecule has 0 saturated heterocycles. The maximum Gasteiger partial charge on any atom is 0.270 e. The summed E-state index contributed by atoms with van der Waals surface area (Å²) in [5, 5.41) is 13.5. The van der Waals surface area contributed by atoms with Crippen molar-refractivity contribution in [1.29, 1.82) is 0 Å². The number of oxazole rings is 1. The Bertz CT molecular complexity index is 1270. The van der Waals surface area contributed by atoms with Gasteiger partial charge in [-0.05, 0) is 42.5 Å². The zero-order valence-electron chi connectivity index (χ0n) is 14.6. The van der Waals surface area contributed by atoms with Gasteiger partial charge in [-0.3, -0.25) is 14.9 Å². The number of anilines is 1. The summed E-state index contributed by atoms with van der Waals surface area (Å²) in [6, 6.07) is 16.3. The zero-order chi connectivity index (χ0) is 20.5. The predicted molar refractivity (Wildman–Crippen MR) is 113 cm³/mol. The molecule has 4 rings (SSSR count). The molecule has 0 aliphatic heterocycles. The molecule has 0 unspecified atom stereocenters. The van der Waals surface area contributed by atoms with E-state index in [0.29, 0.717) is 22.7 Å². The number of rotatable bonds is 4. The Morgan fingerprint density at radius 1 is 1.14 bits per heavy atom. The van der Waals surface area contributed by atoms with Crippen molar-refractivity contribution in [2.75, 3.05) is 5.32 Å². The molecule has 0 spiro atoms. The van der Waals surface area contributed by atoms with Crippen molar-refractivity contribution in [3.8, 4) is 11.5 Å². The number of carbonyl (C=O) groups is 1. The minimum Gasteiger partial charge on any atom is -0.436 e. The second kappa shape index (κ2) is 7.65. The van der Waals surface area contributed by atoms with Crippen LogP contribution in [-0.2, 0) is 0 Å². The number of fused-ring (bicyclic) bond motifs is 1. The van der Waals surface area contributed by atoms with E-state index in [4.69, 9.17) is 16.0 Å². The third kappa shape index (κ3) is 3.98. The van der Waals surface area contributed by atoms with Crippen molar-refractivity contribution in [3.63, 3.8) is 0 Å². The molecule has 0 fully saturated rings. The number of benzene rings is 3. The lowest BCUT2D eigenvalue weighted by molar-refractivity contribution is -0.384. The summed E-state index contributed by atoms with van der Waals surface area (Å²) in [5.41, 5.74) is 2.41. The van der Waals surface area contributed by atoms with E-state index >= 15 is 0 Å². The topological polar surface area (TPSA) is 98.3 Å². The van der Waals surface area contributed by atoms with Crippen LogP contribution in [-0.4, -0.2) is 15.8 Å². The Morgan fingerprint density at radius 3 is 2.69 bits per heavy atom. The Kier molecular flexibility index (Phi) is 5.04. The minimum atomic E-state index is -0.574. The van der Waals surface area contributed by atoms with Gasteiger partial charge in [-0.15, -0.1) is 0 Å². The first-order valence-corrected chi connectivity index (χ1v) is 9.49. The van der Waals surface area contributed by atoms with Gasteiger partial charge in [0.2, 0.25) is 5.89 Å². The fourth-order valence-corrected chi connectivity index (χ4v) is 3.41. The van der Waals surface area contributed by atoms with Crippen molar-refractivity contribution >= 4 is 55.9 Å². The van der Waals surface area contributed by atoms with Crippen LogP contribution in [0.4, 0.5) is 11.4 Å². The molecular formula is C20H11BrClN3O4. The molecule has 9 heteroatoms. The van der Waals surface area contributed by atoms with Crippen molar-refractivity contribution < 1.29 is 14.1 Å². The molecule has 7 nitrogen and oxygen atoms in total. The van der Waals surface area contributed by atoms with Gasteiger partial charge in [0.05, 0.1) is 15.5 Å². The molecule has 1 aromatic heterocycles. The number of nitro groups is 1. The Hall–Kier alpha value is -3.23. The third-order valence-corrected chi connectivity index (χ3v) is 4.93. The van der Waals surface area contributed by atoms with Gasteiger partial charge in [0.25, 0.3) is 11.6 Å². The molecule has 3 aromatic carbocycles. The van der Waals surface area contributed by atoms with Crippen LogP contribution in [0.3, 0.4) is 0 Å². The molecule has 4 aromatic rings. The Morgan fingerprint density at radius 2 is 1.97 bits per heavy atom. The molecule has 1 heterocycles. The highest BCUT2D eigenvalue weighted by atomic mass is 79.9. The van der Waals surface area contributed by atoms with Gasteiger partial charge in [-0.25, -0.2) is 4.98 Å². The quantitative estimate of drug-likeness (QED) is 0.287. The number of nitrogens with zero attached hydrogens (tertiary/aromatic N) is 2.